The van der Waals surface area contributed by atoms with Gasteiger partial charge in [-0.2, -0.15) is 0 Å². The van der Waals surface area contributed by atoms with E-state index < -0.39 is 17.7 Å². The number of nitrogens with two attached hydrogens (primary N) is 1. The molecule has 0 heterocycles. The molecule has 0 unspecified atom stereocenters. The number of hydrogen-bond acceptors (Lipinski definition) is 3. The van der Waals surface area contributed by atoms with Crippen molar-refractivity contribution in [3.05, 3.63) is 35.1 Å². The first kappa shape index (κ1) is 11.7. The van der Waals surface area contributed by atoms with Crippen LogP contribution >= 0.6 is 0 Å². The Kier molecular flexibility index (Phi) is 3.62. The minimum Gasteiger partial charge on any atom is -0.465 e. The Balaban J connectivity index is 3.06. The molecule has 2 N–H and O–H groups in total. The second kappa shape index (κ2) is 4.94. The van der Waals surface area contributed by atoms with Gasteiger partial charge in [0.2, 0.25) is 0 Å². The summed E-state index contributed by atoms with van der Waals surface area (Å²) in [6, 6.07) is 3.61. The highest BCUT2D eigenvalue weighted by molar-refractivity contribution is 5.92. The van der Waals surface area contributed by atoms with Crippen LogP contribution < -0.4 is 5.73 Å². The standard InChI is InChI=1S/C11H8FNO3/c1-16-11(15)8-3-2-7(9(12)6-8)4-5-10(13)14/h2-3,6H,1H3,(H2,13,14). The highest BCUT2D eigenvalue weighted by Gasteiger charge is 2.08. The van der Waals surface area contributed by atoms with E-state index >= 15 is 0 Å². The molecule has 1 rings (SSSR count). The molecule has 0 radical (unpaired) electrons. The van der Waals surface area contributed by atoms with Crippen LogP contribution in [0.2, 0.25) is 0 Å². The molecule has 0 atom stereocenters. The number of esters is 1. The Morgan fingerprint density at radius 2 is 2.12 bits per heavy atom. The number of benzene rings is 1. The van der Waals surface area contributed by atoms with Crippen LogP contribution in [0.4, 0.5) is 4.39 Å². The van der Waals surface area contributed by atoms with Crippen molar-refractivity contribution in [2.75, 3.05) is 7.11 Å². The summed E-state index contributed by atoms with van der Waals surface area (Å²) in [5.74, 6) is 2.04. The maximum atomic E-state index is 13.3. The first-order valence-corrected chi connectivity index (χ1v) is 4.24. The van der Waals surface area contributed by atoms with E-state index in [4.69, 9.17) is 5.73 Å². The zero-order valence-corrected chi connectivity index (χ0v) is 8.41. The van der Waals surface area contributed by atoms with E-state index in [0.29, 0.717) is 0 Å². The van der Waals surface area contributed by atoms with Gasteiger partial charge in [0, 0.05) is 5.92 Å². The van der Waals surface area contributed by atoms with Crippen LogP contribution in [0.25, 0.3) is 0 Å². The zero-order valence-electron chi connectivity index (χ0n) is 8.41. The average molecular weight is 221 g/mol. The molecule has 1 amide bonds. The second-order valence-corrected chi connectivity index (χ2v) is 2.80. The third kappa shape index (κ3) is 2.82. The van der Waals surface area contributed by atoms with E-state index in [2.05, 4.69) is 10.7 Å². The lowest BCUT2D eigenvalue weighted by molar-refractivity contribution is -0.112. The molecule has 0 fully saturated rings. The number of carbonyl (C=O) groups excluding carboxylic acids is 2. The second-order valence-electron chi connectivity index (χ2n) is 2.80. The monoisotopic (exact) mass is 221 g/mol. The number of methoxy groups -OCH3 is 1. The van der Waals surface area contributed by atoms with Crippen LogP contribution in [0, 0.1) is 17.7 Å². The summed E-state index contributed by atoms with van der Waals surface area (Å²) < 4.78 is 17.7. The number of rotatable bonds is 1. The Bertz CT molecular complexity index is 500. The normalized spacial score (nSPS) is 8.88. The number of amides is 1. The Morgan fingerprint density at radius 1 is 1.44 bits per heavy atom. The van der Waals surface area contributed by atoms with Gasteiger partial charge in [0.05, 0.1) is 18.2 Å². The number of ether oxygens (including phenoxy) is 1. The summed E-state index contributed by atoms with van der Waals surface area (Å²) in [5, 5.41) is 0. The van der Waals surface area contributed by atoms with Gasteiger partial charge < -0.3 is 10.5 Å². The highest BCUT2D eigenvalue weighted by Crippen LogP contribution is 2.10. The number of hydrogen-bond donors (Lipinski definition) is 1. The van der Waals surface area contributed by atoms with Crippen molar-refractivity contribution < 1.29 is 18.7 Å². The van der Waals surface area contributed by atoms with E-state index in [1.54, 1.807) is 0 Å². The van der Waals surface area contributed by atoms with E-state index in [9.17, 15) is 14.0 Å². The predicted octanol–water partition coefficient (Wildman–Crippen LogP) is 0.449. The van der Waals surface area contributed by atoms with Gasteiger partial charge in [0.25, 0.3) is 5.91 Å². The molecule has 0 spiro atoms. The molecular weight excluding hydrogens is 213 g/mol. The van der Waals surface area contributed by atoms with Gasteiger partial charge in [-0.25, -0.2) is 9.18 Å². The molecule has 0 aliphatic heterocycles. The van der Waals surface area contributed by atoms with Crippen LogP contribution in [-0.2, 0) is 9.53 Å². The quantitative estimate of drug-likeness (QED) is 0.553. The molecule has 1 aromatic rings. The lowest BCUT2D eigenvalue weighted by Gasteiger charge is -1.99. The third-order valence-electron chi connectivity index (χ3n) is 1.71. The fourth-order valence-corrected chi connectivity index (χ4v) is 0.990. The number of halogens is 1. The molecule has 16 heavy (non-hydrogen) atoms. The first-order chi connectivity index (χ1) is 7.54. The molecule has 5 heteroatoms. The number of primary amides is 1. The van der Waals surface area contributed by atoms with Crippen LogP contribution in [0.15, 0.2) is 18.2 Å². The van der Waals surface area contributed by atoms with E-state index in [-0.39, 0.29) is 11.1 Å². The fraction of sp³-hybridized carbons (Fsp3) is 0.0909. The molecule has 0 aliphatic rings. The molecule has 82 valence electrons. The van der Waals surface area contributed by atoms with Crippen molar-refractivity contribution in [2.24, 2.45) is 5.73 Å². The predicted molar refractivity (Wildman–Crippen MR) is 53.8 cm³/mol. The van der Waals surface area contributed by atoms with Crippen molar-refractivity contribution in [2.45, 2.75) is 0 Å². The van der Waals surface area contributed by atoms with Gasteiger partial charge in [-0.15, -0.1) is 0 Å². The van der Waals surface area contributed by atoms with Crippen molar-refractivity contribution in [1.29, 1.82) is 0 Å². The Labute approximate surface area is 91.2 Å². The maximum Gasteiger partial charge on any atom is 0.337 e. The molecule has 0 aliphatic carbocycles. The van der Waals surface area contributed by atoms with Crippen LogP contribution in [0.3, 0.4) is 0 Å². The smallest absolute Gasteiger partial charge is 0.337 e. The molecule has 0 saturated heterocycles. The van der Waals surface area contributed by atoms with Gasteiger partial charge in [-0.1, -0.05) is 5.92 Å². The SMILES string of the molecule is COC(=O)c1ccc(C#CC(N)=O)c(F)c1. The molecule has 0 saturated carbocycles. The summed E-state index contributed by atoms with van der Waals surface area (Å²) in [5.41, 5.74) is 4.85. The van der Waals surface area contributed by atoms with E-state index in [0.717, 1.165) is 6.07 Å². The molecule has 0 bridgehead atoms. The summed E-state index contributed by atoms with van der Waals surface area (Å²) >= 11 is 0. The molecule has 1 aromatic carbocycles. The highest BCUT2D eigenvalue weighted by atomic mass is 19.1. The maximum absolute atomic E-state index is 13.3. The van der Waals surface area contributed by atoms with Gasteiger partial charge in [-0.05, 0) is 18.2 Å². The minimum absolute atomic E-state index is 0.00791. The van der Waals surface area contributed by atoms with Crippen LogP contribution in [0.1, 0.15) is 15.9 Å². The molecule has 4 nitrogen and oxygen atoms in total. The van der Waals surface area contributed by atoms with E-state index in [1.165, 1.54) is 19.2 Å². The fourth-order valence-electron chi connectivity index (χ4n) is 0.990. The lowest BCUT2D eigenvalue weighted by Crippen LogP contribution is -2.06. The van der Waals surface area contributed by atoms with Crippen molar-refractivity contribution in [3.63, 3.8) is 0 Å². The summed E-state index contributed by atoms with van der Waals surface area (Å²) in [6.07, 6.45) is 0. The third-order valence-corrected chi connectivity index (χ3v) is 1.71. The van der Waals surface area contributed by atoms with E-state index in [1.807, 2.05) is 5.92 Å². The summed E-state index contributed by atoms with van der Waals surface area (Å²) in [7, 11) is 1.20. The lowest BCUT2D eigenvalue weighted by atomic mass is 10.1. The van der Waals surface area contributed by atoms with Gasteiger partial charge in [0.15, 0.2) is 0 Å². The largest absolute Gasteiger partial charge is 0.465 e. The summed E-state index contributed by atoms with van der Waals surface area (Å²) in [6.45, 7) is 0. The Morgan fingerprint density at radius 3 is 2.62 bits per heavy atom. The average Bonchev–Trinajstić information content (AvgIpc) is 2.26. The first-order valence-electron chi connectivity index (χ1n) is 4.24. The number of carbonyl (C=O) groups is 2. The topological polar surface area (TPSA) is 69.4 Å². The zero-order chi connectivity index (χ0) is 12.1. The Hall–Kier alpha value is -2.35. The van der Waals surface area contributed by atoms with Gasteiger partial charge in [0.1, 0.15) is 5.82 Å². The van der Waals surface area contributed by atoms with Gasteiger partial charge in [-0.3, -0.25) is 4.79 Å². The van der Waals surface area contributed by atoms with Crippen LogP contribution in [-0.4, -0.2) is 19.0 Å². The summed E-state index contributed by atoms with van der Waals surface area (Å²) in [4.78, 5) is 21.4. The molecular formula is C11H8FNO3. The minimum atomic E-state index is -0.851. The molecule has 0 aromatic heterocycles. The van der Waals surface area contributed by atoms with Crippen molar-refractivity contribution >= 4 is 11.9 Å². The van der Waals surface area contributed by atoms with Crippen molar-refractivity contribution in [3.8, 4) is 11.8 Å². The van der Waals surface area contributed by atoms with Crippen molar-refractivity contribution in [1.82, 2.24) is 0 Å². The van der Waals surface area contributed by atoms with Gasteiger partial charge >= 0.3 is 5.97 Å². The van der Waals surface area contributed by atoms with Crippen LogP contribution in [0.5, 0.6) is 0 Å².